The summed E-state index contributed by atoms with van der Waals surface area (Å²) in [7, 11) is 1.59. The van der Waals surface area contributed by atoms with Crippen molar-refractivity contribution in [3.8, 4) is 11.3 Å². The number of halogens is 3. The van der Waals surface area contributed by atoms with Crippen LogP contribution in [0.5, 0.6) is 0 Å². The lowest BCUT2D eigenvalue weighted by molar-refractivity contribution is -0.132. The van der Waals surface area contributed by atoms with Crippen LogP contribution in [-0.4, -0.2) is 29.1 Å². The Morgan fingerprint density at radius 2 is 1.92 bits per heavy atom. The van der Waals surface area contributed by atoms with Crippen LogP contribution in [0.25, 0.3) is 17.3 Å². The summed E-state index contributed by atoms with van der Waals surface area (Å²) in [6.07, 6.45) is 6.00. The molecule has 1 amide bonds. The number of amides is 1. The van der Waals surface area contributed by atoms with E-state index in [0.29, 0.717) is 22.4 Å². The van der Waals surface area contributed by atoms with Gasteiger partial charge in [0.2, 0.25) is 0 Å². The highest BCUT2D eigenvalue weighted by Crippen LogP contribution is 2.34. The number of aromatic nitrogens is 1. The maximum atomic E-state index is 15.5. The fourth-order valence-corrected chi connectivity index (χ4v) is 5.21. The van der Waals surface area contributed by atoms with Crippen molar-refractivity contribution in [1.82, 2.24) is 4.98 Å². The monoisotopic (exact) mass is 578 g/mol. The van der Waals surface area contributed by atoms with Crippen LogP contribution in [0.4, 0.5) is 9.52 Å². The standard InChI is InChI=1S/C28H29Cl2FN2O4S/c1-4-5-6-7-11-24(37-3)19-10-8-9-18(25(19)31)23-15-38-28(32-23)33-26(34)17-13-21(29)20(22(30)14-17)12-16(2)27(35)36/h8-10,12-15,24H,4-7,11H2,1-3H3,(H,35,36)(H,32,33,34). The average molecular weight is 580 g/mol. The number of nitrogens with zero attached hydrogens (tertiary/aromatic N) is 1. The minimum Gasteiger partial charge on any atom is -0.478 e. The van der Waals surface area contributed by atoms with E-state index in [1.807, 2.05) is 0 Å². The summed E-state index contributed by atoms with van der Waals surface area (Å²) in [5, 5.41) is 14.0. The van der Waals surface area contributed by atoms with Crippen LogP contribution in [0.2, 0.25) is 10.0 Å². The number of carbonyl (C=O) groups excluding carboxylic acids is 1. The Bertz CT molecular complexity index is 1320. The highest BCUT2D eigenvalue weighted by Gasteiger charge is 2.20. The Morgan fingerprint density at radius 1 is 1.21 bits per heavy atom. The van der Waals surface area contributed by atoms with Crippen molar-refractivity contribution >= 4 is 57.6 Å². The quantitative estimate of drug-likeness (QED) is 0.166. The summed E-state index contributed by atoms with van der Waals surface area (Å²) in [6, 6.07) is 7.94. The fourth-order valence-electron chi connectivity index (χ4n) is 3.91. The molecule has 6 nitrogen and oxygen atoms in total. The Labute approximate surface area is 235 Å². The molecule has 0 saturated heterocycles. The molecule has 2 aromatic carbocycles. The van der Waals surface area contributed by atoms with Gasteiger partial charge in [0.1, 0.15) is 5.82 Å². The number of hydrogen-bond donors (Lipinski definition) is 2. The summed E-state index contributed by atoms with van der Waals surface area (Å²) in [4.78, 5) is 28.4. The lowest BCUT2D eigenvalue weighted by atomic mass is 9.99. The van der Waals surface area contributed by atoms with Gasteiger partial charge in [0.25, 0.3) is 5.91 Å². The maximum Gasteiger partial charge on any atom is 0.331 e. The number of carboxylic acid groups (broad SMARTS) is 1. The zero-order chi connectivity index (χ0) is 27.8. The number of methoxy groups -OCH3 is 1. The first-order valence-corrected chi connectivity index (χ1v) is 13.8. The van der Waals surface area contributed by atoms with Crippen molar-refractivity contribution in [3.63, 3.8) is 0 Å². The zero-order valence-electron chi connectivity index (χ0n) is 21.3. The van der Waals surface area contributed by atoms with Crippen molar-refractivity contribution in [3.05, 3.63) is 73.8 Å². The number of nitrogens with one attached hydrogen (secondary N) is 1. The normalized spacial score (nSPS) is 12.4. The molecule has 1 atom stereocenters. The molecule has 1 unspecified atom stereocenters. The van der Waals surface area contributed by atoms with Crippen LogP contribution in [-0.2, 0) is 9.53 Å². The number of aliphatic carboxylic acids is 1. The number of thiazole rings is 1. The van der Waals surface area contributed by atoms with Crippen LogP contribution in [0.15, 0.2) is 41.3 Å². The summed E-state index contributed by atoms with van der Waals surface area (Å²) < 4.78 is 21.1. The van der Waals surface area contributed by atoms with Crippen molar-refractivity contribution < 1.29 is 23.8 Å². The third-order valence-electron chi connectivity index (χ3n) is 6.02. The van der Waals surface area contributed by atoms with E-state index in [9.17, 15) is 9.59 Å². The van der Waals surface area contributed by atoms with Crippen molar-refractivity contribution in [2.45, 2.75) is 52.1 Å². The number of ether oxygens (including phenoxy) is 1. The number of carboxylic acids is 1. The lowest BCUT2D eigenvalue weighted by Gasteiger charge is -2.17. The third kappa shape index (κ3) is 7.41. The topological polar surface area (TPSA) is 88.5 Å². The van der Waals surface area contributed by atoms with Crippen LogP contribution in [0, 0.1) is 5.82 Å². The highest BCUT2D eigenvalue weighted by molar-refractivity contribution is 7.14. The first-order chi connectivity index (χ1) is 18.2. The van der Waals surface area contributed by atoms with E-state index in [4.69, 9.17) is 33.0 Å². The molecule has 38 heavy (non-hydrogen) atoms. The summed E-state index contributed by atoms with van der Waals surface area (Å²) in [5.41, 5.74) is 1.72. The number of anilines is 1. The number of carbonyl (C=O) groups is 2. The van der Waals surface area contributed by atoms with Gasteiger partial charge in [-0.05, 0) is 37.6 Å². The number of hydrogen-bond acceptors (Lipinski definition) is 5. The molecular weight excluding hydrogens is 550 g/mol. The second-order valence-corrected chi connectivity index (χ2v) is 10.4. The van der Waals surface area contributed by atoms with Crippen molar-refractivity contribution in [2.75, 3.05) is 12.4 Å². The van der Waals surface area contributed by atoms with Crippen molar-refractivity contribution in [1.29, 1.82) is 0 Å². The third-order valence-corrected chi connectivity index (χ3v) is 7.40. The Hall–Kier alpha value is -2.78. The molecule has 0 fully saturated rings. The molecule has 10 heteroatoms. The van der Waals surface area contributed by atoms with Crippen LogP contribution in [0.1, 0.15) is 73.5 Å². The summed E-state index contributed by atoms with van der Waals surface area (Å²) in [5.74, 6) is -2.01. The summed E-state index contributed by atoms with van der Waals surface area (Å²) >= 11 is 13.7. The molecule has 0 aliphatic rings. The Balaban J connectivity index is 1.78. The van der Waals surface area contributed by atoms with Gasteiger partial charge in [-0.25, -0.2) is 14.2 Å². The van der Waals surface area contributed by atoms with E-state index in [0.717, 1.165) is 43.4 Å². The average Bonchev–Trinajstić information content (AvgIpc) is 3.34. The van der Waals surface area contributed by atoms with Gasteiger partial charge in [-0.2, -0.15) is 0 Å². The van der Waals surface area contributed by atoms with Crippen molar-refractivity contribution in [2.24, 2.45) is 0 Å². The predicted octanol–water partition coefficient (Wildman–Crippen LogP) is 8.65. The molecule has 0 radical (unpaired) electrons. The Kier molecular flexibility index (Phi) is 10.8. The predicted molar refractivity (Wildman–Crippen MR) is 152 cm³/mol. The SMILES string of the molecule is CCCCCCC(OC)c1cccc(-c2csc(NC(=O)c3cc(Cl)c(C=C(C)C(=O)O)c(Cl)c3)n2)c1F. The highest BCUT2D eigenvalue weighted by atomic mass is 35.5. The molecular formula is C28H29Cl2FN2O4S. The summed E-state index contributed by atoms with van der Waals surface area (Å²) in [6.45, 7) is 3.56. The molecule has 2 N–H and O–H groups in total. The zero-order valence-corrected chi connectivity index (χ0v) is 23.6. The van der Waals surface area contributed by atoms with E-state index in [1.54, 1.807) is 30.7 Å². The van der Waals surface area contributed by atoms with E-state index < -0.39 is 17.7 Å². The first kappa shape index (κ1) is 29.8. The van der Waals surface area contributed by atoms with Gasteiger partial charge >= 0.3 is 5.97 Å². The molecule has 0 bridgehead atoms. The minimum absolute atomic E-state index is 0.0472. The van der Waals surface area contributed by atoms with Crippen LogP contribution < -0.4 is 5.32 Å². The molecule has 3 rings (SSSR count). The molecule has 0 saturated carbocycles. The van der Waals surface area contributed by atoms with Crippen LogP contribution >= 0.6 is 34.5 Å². The van der Waals surface area contributed by atoms with E-state index in [1.165, 1.54) is 25.1 Å². The second kappa shape index (κ2) is 13.8. The van der Waals surface area contributed by atoms with Gasteiger partial charge in [0.15, 0.2) is 5.13 Å². The van der Waals surface area contributed by atoms with Gasteiger partial charge in [0, 0.05) is 40.3 Å². The molecule has 3 aromatic rings. The number of rotatable bonds is 12. The number of benzene rings is 2. The molecule has 0 spiro atoms. The van der Waals surface area contributed by atoms with Gasteiger partial charge in [-0.3, -0.25) is 10.1 Å². The van der Waals surface area contributed by atoms with E-state index >= 15 is 4.39 Å². The maximum absolute atomic E-state index is 15.5. The molecule has 202 valence electrons. The fraction of sp³-hybridized carbons (Fsp3) is 0.321. The van der Waals surface area contributed by atoms with Crippen LogP contribution in [0.3, 0.4) is 0 Å². The van der Waals surface area contributed by atoms with Gasteiger partial charge in [-0.1, -0.05) is 67.9 Å². The molecule has 0 aliphatic heterocycles. The first-order valence-electron chi connectivity index (χ1n) is 12.1. The Morgan fingerprint density at radius 3 is 2.55 bits per heavy atom. The largest absolute Gasteiger partial charge is 0.478 e. The van der Waals surface area contributed by atoms with Gasteiger partial charge in [-0.15, -0.1) is 11.3 Å². The lowest BCUT2D eigenvalue weighted by Crippen LogP contribution is -2.12. The molecule has 1 heterocycles. The smallest absolute Gasteiger partial charge is 0.331 e. The molecule has 0 aliphatic carbocycles. The van der Waals surface area contributed by atoms with E-state index in [2.05, 4.69) is 17.2 Å². The minimum atomic E-state index is -1.11. The number of unbranched alkanes of at least 4 members (excludes halogenated alkanes) is 3. The second-order valence-electron chi connectivity index (χ2n) is 8.76. The molecule has 1 aromatic heterocycles. The van der Waals surface area contributed by atoms with Gasteiger partial charge in [0.05, 0.1) is 21.8 Å². The van der Waals surface area contributed by atoms with E-state index in [-0.39, 0.29) is 32.4 Å². The van der Waals surface area contributed by atoms with Gasteiger partial charge < -0.3 is 9.84 Å².